The third-order valence-electron chi connectivity index (χ3n) is 3.48. The molecule has 0 radical (unpaired) electrons. The number of ether oxygens (including phenoxy) is 1. The van der Waals surface area contributed by atoms with E-state index >= 15 is 0 Å². The van der Waals surface area contributed by atoms with Gasteiger partial charge in [0.05, 0.1) is 22.9 Å². The molecule has 1 aromatic heterocycles. The smallest absolute Gasteiger partial charge is 0.224 e. The predicted octanol–water partition coefficient (Wildman–Crippen LogP) is 2.38. The minimum Gasteiger partial charge on any atom is -0.618 e. The Morgan fingerprint density at radius 2 is 2.05 bits per heavy atom. The van der Waals surface area contributed by atoms with Crippen LogP contribution in [-0.2, 0) is 0 Å². The van der Waals surface area contributed by atoms with Gasteiger partial charge in [-0.25, -0.2) is 0 Å². The van der Waals surface area contributed by atoms with E-state index < -0.39 is 5.60 Å². The summed E-state index contributed by atoms with van der Waals surface area (Å²) in [6, 6.07) is 10.7. The van der Waals surface area contributed by atoms with Crippen LogP contribution in [0.4, 0.5) is 5.69 Å². The van der Waals surface area contributed by atoms with Crippen molar-refractivity contribution in [2.45, 2.75) is 19.4 Å². The molecule has 0 atom stereocenters. The van der Waals surface area contributed by atoms with Gasteiger partial charge in [-0.3, -0.25) is 0 Å². The highest BCUT2D eigenvalue weighted by Gasteiger charge is 2.30. The zero-order valence-electron chi connectivity index (χ0n) is 12.3. The Bertz CT molecular complexity index is 832. The lowest BCUT2D eigenvalue weighted by molar-refractivity contribution is -0.607. The van der Waals surface area contributed by atoms with Gasteiger partial charge in [-0.15, -0.1) is 0 Å². The number of benzene rings is 1. The van der Waals surface area contributed by atoms with E-state index in [9.17, 15) is 5.21 Å². The summed E-state index contributed by atoms with van der Waals surface area (Å²) in [7, 11) is 0. The molecule has 1 aliphatic rings. The van der Waals surface area contributed by atoms with Crippen molar-refractivity contribution in [1.82, 2.24) is 0 Å². The number of nitrogens with two attached hydrogens (primary N) is 1. The molecule has 0 saturated heterocycles. The molecule has 3 rings (SSSR count). The molecule has 0 saturated carbocycles. The van der Waals surface area contributed by atoms with Gasteiger partial charge in [0, 0.05) is 11.6 Å². The Morgan fingerprint density at radius 1 is 1.27 bits per heavy atom. The van der Waals surface area contributed by atoms with Crippen LogP contribution in [-0.4, -0.2) is 5.60 Å². The van der Waals surface area contributed by atoms with E-state index in [4.69, 9.17) is 15.7 Å². The SMILES string of the molecule is CC1(C)C=C(c2ccc(N)c[n+]2[O-])c2cc(C#N)ccc2O1. The van der Waals surface area contributed by atoms with E-state index in [1.807, 2.05) is 19.9 Å². The fourth-order valence-electron chi connectivity index (χ4n) is 2.55. The Kier molecular flexibility index (Phi) is 3.03. The largest absolute Gasteiger partial charge is 0.618 e. The van der Waals surface area contributed by atoms with Gasteiger partial charge in [0.1, 0.15) is 11.4 Å². The molecule has 1 aliphatic heterocycles. The molecule has 2 aromatic rings. The monoisotopic (exact) mass is 293 g/mol. The van der Waals surface area contributed by atoms with E-state index in [2.05, 4.69) is 6.07 Å². The average Bonchev–Trinajstić information content (AvgIpc) is 2.45. The molecular formula is C17H15N3O2. The first-order valence-corrected chi connectivity index (χ1v) is 6.85. The summed E-state index contributed by atoms with van der Waals surface area (Å²) in [6.07, 6.45) is 3.21. The van der Waals surface area contributed by atoms with Crippen molar-refractivity contribution >= 4 is 11.3 Å². The van der Waals surface area contributed by atoms with Crippen LogP contribution in [0.15, 0.2) is 42.6 Å². The Balaban J connectivity index is 2.25. The summed E-state index contributed by atoms with van der Waals surface area (Å²) in [4.78, 5) is 0. The van der Waals surface area contributed by atoms with Crippen LogP contribution in [0.5, 0.6) is 5.75 Å². The molecule has 5 heteroatoms. The van der Waals surface area contributed by atoms with Crippen molar-refractivity contribution in [1.29, 1.82) is 5.26 Å². The van der Waals surface area contributed by atoms with Gasteiger partial charge in [-0.05, 0) is 44.2 Å². The second-order valence-corrected chi connectivity index (χ2v) is 5.76. The highest BCUT2D eigenvalue weighted by atomic mass is 16.5. The first-order chi connectivity index (χ1) is 10.4. The van der Waals surface area contributed by atoms with Crippen LogP contribution in [0.2, 0.25) is 0 Å². The molecule has 0 fully saturated rings. The first-order valence-electron chi connectivity index (χ1n) is 6.85. The van der Waals surface area contributed by atoms with Gasteiger partial charge in [0.15, 0.2) is 0 Å². The molecule has 1 aromatic carbocycles. The minimum atomic E-state index is -0.551. The van der Waals surface area contributed by atoms with Crippen molar-refractivity contribution in [3.05, 3.63) is 64.6 Å². The number of fused-ring (bicyclic) bond motifs is 1. The van der Waals surface area contributed by atoms with E-state index in [1.165, 1.54) is 6.20 Å². The van der Waals surface area contributed by atoms with E-state index in [0.29, 0.717) is 22.7 Å². The average molecular weight is 293 g/mol. The lowest BCUT2D eigenvalue weighted by Crippen LogP contribution is -2.35. The summed E-state index contributed by atoms with van der Waals surface area (Å²) < 4.78 is 6.65. The van der Waals surface area contributed by atoms with E-state index in [1.54, 1.807) is 30.3 Å². The van der Waals surface area contributed by atoms with Crippen molar-refractivity contribution < 1.29 is 9.47 Å². The van der Waals surface area contributed by atoms with Gasteiger partial charge in [0.25, 0.3) is 0 Å². The maximum Gasteiger partial charge on any atom is 0.224 e. The van der Waals surface area contributed by atoms with Crippen LogP contribution in [0.25, 0.3) is 5.57 Å². The van der Waals surface area contributed by atoms with Crippen molar-refractivity contribution in [3.63, 3.8) is 0 Å². The Morgan fingerprint density at radius 3 is 2.73 bits per heavy atom. The lowest BCUT2D eigenvalue weighted by Gasteiger charge is -2.30. The molecular weight excluding hydrogens is 278 g/mol. The molecule has 5 nitrogen and oxygen atoms in total. The highest BCUT2D eigenvalue weighted by Crippen LogP contribution is 2.38. The molecule has 0 spiro atoms. The molecule has 2 N–H and O–H groups in total. The van der Waals surface area contributed by atoms with E-state index in [0.717, 1.165) is 15.9 Å². The number of nitrogen functional groups attached to an aromatic ring is 1. The van der Waals surface area contributed by atoms with Crippen LogP contribution in [0, 0.1) is 16.5 Å². The molecule has 0 aliphatic carbocycles. The standard InChI is InChI=1S/C17H15N3O2/c1-17(2)8-14(15-5-4-12(19)10-20(15)21)13-7-11(9-18)3-6-16(13)22-17/h3-8,10H,19H2,1-2H3. The Hall–Kier alpha value is -3.00. The predicted molar refractivity (Wildman–Crippen MR) is 82.8 cm³/mol. The summed E-state index contributed by atoms with van der Waals surface area (Å²) in [5.41, 5.74) is 7.94. The zero-order chi connectivity index (χ0) is 15.9. The van der Waals surface area contributed by atoms with Crippen LogP contribution in [0.3, 0.4) is 0 Å². The first kappa shape index (κ1) is 14.0. The quantitative estimate of drug-likeness (QED) is 0.646. The third kappa shape index (κ3) is 2.35. The second-order valence-electron chi connectivity index (χ2n) is 5.76. The van der Waals surface area contributed by atoms with E-state index in [-0.39, 0.29) is 0 Å². The summed E-state index contributed by atoms with van der Waals surface area (Å²) >= 11 is 0. The van der Waals surface area contributed by atoms with Crippen molar-refractivity contribution in [3.8, 4) is 11.8 Å². The number of pyridine rings is 1. The normalized spacial score (nSPS) is 15.2. The summed E-state index contributed by atoms with van der Waals surface area (Å²) in [5, 5.41) is 21.3. The van der Waals surface area contributed by atoms with Gasteiger partial charge in [0.2, 0.25) is 11.9 Å². The number of hydrogen-bond donors (Lipinski definition) is 1. The highest BCUT2D eigenvalue weighted by molar-refractivity contribution is 5.83. The van der Waals surface area contributed by atoms with Gasteiger partial charge in [-0.2, -0.15) is 9.99 Å². The summed E-state index contributed by atoms with van der Waals surface area (Å²) in [6.45, 7) is 3.83. The molecule has 0 amide bonds. The maximum atomic E-state index is 12.2. The van der Waals surface area contributed by atoms with Crippen LogP contribution < -0.4 is 15.2 Å². The number of nitriles is 1. The maximum absolute atomic E-state index is 12.2. The molecule has 0 unspecified atom stereocenters. The topological polar surface area (TPSA) is 86.0 Å². The molecule has 110 valence electrons. The number of hydrogen-bond acceptors (Lipinski definition) is 4. The fourth-order valence-corrected chi connectivity index (χ4v) is 2.55. The molecule has 22 heavy (non-hydrogen) atoms. The van der Waals surface area contributed by atoms with Gasteiger partial charge in [-0.1, -0.05) is 0 Å². The minimum absolute atomic E-state index is 0.400. The number of anilines is 1. The fraction of sp³-hybridized carbons (Fsp3) is 0.176. The number of aromatic nitrogens is 1. The van der Waals surface area contributed by atoms with Crippen molar-refractivity contribution in [2.24, 2.45) is 0 Å². The van der Waals surface area contributed by atoms with Gasteiger partial charge < -0.3 is 15.7 Å². The molecule has 2 heterocycles. The molecule has 0 bridgehead atoms. The number of nitrogens with zero attached hydrogens (tertiary/aromatic N) is 2. The summed E-state index contributed by atoms with van der Waals surface area (Å²) in [5.74, 6) is 0.651. The van der Waals surface area contributed by atoms with Crippen LogP contribution in [0.1, 0.15) is 30.7 Å². The lowest BCUT2D eigenvalue weighted by atomic mass is 9.91. The number of rotatable bonds is 1. The third-order valence-corrected chi connectivity index (χ3v) is 3.48. The second kappa shape index (κ2) is 4.78. The van der Waals surface area contributed by atoms with Crippen molar-refractivity contribution in [2.75, 3.05) is 5.73 Å². The van der Waals surface area contributed by atoms with Crippen LogP contribution >= 0.6 is 0 Å². The van der Waals surface area contributed by atoms with Gasteiger partial charge >= 0.3 is 0 Å². The Labute approximate surface area is 128 Å². The zero-order valence-corrected chi connectivity index (χ0v) is 12.3.